The van der Waals surface area contributed by atoms with Gasteiger partial charge in [-0.2, -0.15) is 0 Å². The number of carbonyl (C=O) groups is 1. The van der Waals surface area contributed by atoms with Crippen LogP contribution in [0.3, 0.4) is 0 Å². The average molecular weight is 383 g/mol. The number of aliphatic hydroxyl groups excluding tert-OH is 1. The van der Waals surface area contributed by atoms with E-state index in [1.807, 2.05) is 32.0 Å². The second kappa shape index (κ2) is 8.77. The fourth-order valence-corrected chi connectivity index (χ4v) is 2.28. The summed E-state index contributed by atoms with van der Waals surface area (Å²) < 4.78 is 45.6. The van der Waals surface area contributed by atoms with Gasteiger partial charge in [0.05, 0.1) is 6.10 Å². The van der Waals surface area contributed by atoms with Crippen molar-refractivity contribution in [1.29, 1.82) is 0 Å². The highest BCUT2D eigenvalue weighted by atomic mass is 19.4. The molecule has 2 aromatic rings. The third-order valence-electron chi connectivity index (χ3n) is 3.69. The van der Waals surface area contributed by atoms with Gasteiger partial charge in [0.15, 0.2) is 6.61 Å². The lowest BCUT2D eigenvalue weighted by Gasteiger charge is -2.14. The van der Waals surface area contributed by atoms with Gasteiger partial charge in [0.25, 0.3) is 5.91 Å². The molecule has 0 aliphatic heterocycles. The molecule has 0 saturated carbocycles. The smallest absolute Gasteiger partial charge is 0.483 e. The molecule has 2 rings (SSSR count). The normalized spacial score (nSPS) is 12.4. The third kappa shape index (κ3) is 6.82. The number of benzene rings is 2. The van der Waals surface area contributed by atoms with E-state index in [9.17, 15) is 23.1 Å². The summed E-state index contributed by atoms with van der Waals surface area (Å²) in [5, 5.41) is 12.6. The quantitative estimate of drug-likeness (QED) is 0.769. The Bertz CT molecular complexity index is 776. The standard InChI is InChI=1S/C19H20F3NO4/c1-12-3-4-13(2)17(9-12)26-11-18(25)23-10-16(24)14-5-7-15(8-6-14)27-19(20,21)22/h3-9,16,24H,10-11H2,1-2H3,(H,23,25). The first kappa shape index (κ1) is 20.6. The van der Waals surface area contributed by atoms with Crippen molar-refractivity contribution in [3.63, 3.8) is 0 Å². The summed E-state index contributed by atoms with van der Waals surface area (Å²) in [5.74, 6) is -0.206. The molecule has 1 unspecified atom stereocenters. The number of alkyl halides is 3. The lowest BCUT2D eigenvalue weighted by Crippen LogP contribution is -2.32. The van der Waals surface area contributed by atoms with E-state index in [-0.39, 0.29) is 18.9 Å². The second-order valence-corrected chi connectivity index (χ2v) is 5.99. The van der Waals surface area contributed by atoms with Crippen molar-refractivity contribution in [2.45, 2.75) is 26.3 Å². The molecule has 2 N–H and O–H groups in total. The molecule has 146 valence electrons. The van der Waals surface area contributed by atoms with Gasteiger partial charge in [-0.15, -0.1) is 13.2 Å². The lowest BCUT2D eigenvalue weighted by molar-refractivity contribution is -0.274. The van der Waals surface area contributed by atoms with E-state index in [0.29, 0.717) is 11.3 Å². The molecule has 0 aliphatic rings. The molecule has 0 saturated heterocycles. The molecular weight excluding hydrogens is 363 g/mol. The maximum atomic E-state index is 12.1. The highest BCUT2D eigenvalue weighted by Crippen LogP contribution is 2.24. The molecule has 0 spiro atoms. The maximum Gasteiger partial charge on any atom is 0.573 e. The van der Waals surface area contributed by atoms with Gasteiger partial charge in [0.1, 0.15) is 11.5 Å². The van der Waals surface area contributed by atoms with Crippen LogP contribution in [0, 0.1) is 13.8 Å². The largest absolute Gasteiger partial charge is 0.573 e. The van der Waals surface area contributed by atoms with Crippen LogP contribution in [0.25, 0.3) is 0 Å². The topological polar surface area (TPSA) is 67.8 Å². The zero-order valence-electron chi connectivity index (χ0n) is 14.8. The van der Waals surface area contributed by atoms with E-state index >= 15 is 0 Å². The van der Waals surface area contributed by atoms with E-state index in [1.54, 1.807) is 0 Å². The fraction of sp³-hybridized carbons (Fsp3) is 0.316. The van der Waals surface area contributed by atoms with Crippen LogP contribution >= 0.6 is 0 Å². The number of aliphatic hydroxyl groups is 1. The van der Waals surface area contributed by atoms with Crippen LogP contribution in [0.1, 0.15) is 22.8 Å². The summed E-state index contributed by atoms with van der Waals surface area (Å²) in [6, 6.07) is 10.4. The van der Waals surface area contributed by atoms with Crippen LogP contribution in [-0.2, 0) is 4.79 Å². The van der Waals surface area contributed by atoms with Crippen molar-refractivity contribution in [1.82, 2.24) is 5.32 Å². The van der Waals surface area contributed by atoms with Crippen molar-refractivity contribution in [2.24, 2.45) is 0 Å². The summed E-state index contributed by atoms with van der Waals surface area (Å²) in [5.41, 5.74) is 2.25. The van der Waals surface area contributed by atoms with Crippen LogP contribution in [0.15, 0.2) is 42.5 Å². The summed E-state index contributed by atoms with van der Waals surface area (Å²) in [4.78, 5) is 11.9. The van der Waals surface area contributed by atoms with E-state index in [2.05, 4.69) is 10.1 Å². The number of halogens is 3. The Morgan fingerprint density at radius 2 is 1.81 bits per heavy atom. The minimum Gasteiger partial charge on any atom is -0.483 e. The third-order valence-corrected chi connectivity index (χ3v) is 3.69. The van der Waals surface area contributed by atoms with Crippen molar-refractivity contribution in [2.75, 3.05) is 13.2 Å². The summed E-state index contributed by atoms with van der Waals surface area (Å²) in [6.45, 7) is 3.46. The Morgan fingerprint density at radius 3 is 2.44 bits per heavy atom. The van der Waals surface area contributed by atoms with Crippen LogP contribution in [-0.4, -0.2) is 30.5 Å². The van der Waals surface area contributed by atoms with Gasteiger partial charge in [-0.05, 0) is 48.7 Å². The van der Waals surface area contributed by atoms with Crippen LogP contribution in [0.5, 0.6) is 11.5 Å². The van der Waals surface area contributed by atoms with Gasteiger partial charge < -0.3 is 19.9 Å². The molecule has 0 aliphatic carbocycles. The van der Waals surface area contributed by atoms with Gasteiger partial charge in [-0.1, -0.05) is 24.3 Å². The first-order chi connectivity index (χ1) is 12.6. The number of aryl methyl sites for hydroxylation is 2. The minimum absolute atomic E-state index is 0.103. The number of nitrogens with one attached hydrogen (secondary N) is 1. The van der Waals surface area contributed by atoms with Crippen LogP contribution in [0.4, 0.5) is 13.2 Å². The van der Waals surface area contributed by atoms with Crippen molar-refractivity contribution in [3.8, 4) is 11.5 Å². The number of hydrogen-bond donors (Lipinski definition) is 2. The molecule has 2 aromatic carbocycles. The molecular formula is C19H20F3NO4. The van der Waals surface area contributed by atoms with Crippen molar-refractivity contribution in [3.05, 3.63) is 59.2 Å². The fourth-order valence-electron chi connectivity index (χ4n) is 2.28. The minimum atomic E-state index is -4.77. The average Bonchev–Trinajstić information content (AvgIpc) is 2.59. The molecule has 27 heavy (non-hydrogen) atoms. The number of amides is 1. The molecule has 8 heteroatoms. The monoisotopic (exact) mass is 383 g/mol. The second-order valence-electron chi connectivity index (χ2n) is 5.99. The summed E-state index contributed by atoms with van der Waals surface area (Å²) in [7, 11) is 0. The van der Waals surface area contributed by atoms with Gasteiger partial charge in [-0.25, -0.2) is 0 Å². The number of rotatable bonds is 7. The molecule has 1 atom stereocenters. The zero-order chi connectivity index (χ0) is 20.0. The van der Waals surface area contributed by atoms with E-state index < -0.39 is 18.4 Å². The van der Waals surface area contributed by atoms with E-state index in [4.69, 9.17) is 4.74 Å². The highest BCUT2D eigenvalue weighted by molar-refractivity contribution is 5.77. The first-order valence-corrected chi connectivity index (χ1v) is 8.14. The molecule has 0 radical (unpaired) electrons. The Morgan fingerprint density at radius 1 is 1.15 bits per heavy atom. The maximum absolute atomic E-state index is 12.1. The van der Waals surface area contributed by atoms with Crippen LogP contribution < -0.4 is 14.8 Å². The molecule has 0 heterocycles. The molecule has 0 bridgehead atoms. The van der Waals surface area contributed by atoms with Crippen molar-refractivity contribution >= 4 is 5.91 Å². The molecule has 1 amide bonds. The number of hydrogen-bond acceptors (Lipinski definition) is 4. The summed E-state index contributed by atoms with van der Waals surface area (Å²) >= 11 is 0. The Balaban J connectivity index is 1.81. The Labute approximate surface area is 154 Å². The predicted octanol–water partition coefficient (Wildman–Crippen LogP) is 3.43. The first-order valence-electron chi connectivity index (χ1n) is 8.14. The van der Waals surface area contributed by atoms with Gasteiger partial charge >= 0.3 is 6.36 Å². The highest BCUT2D eigenvalue weighted by Gasteiger charge is 2.31. The van der Waals surface area contributed by atoms with Crippen LogP contribution in [0.2, 0.25) is 0 Å². The van der Waals surface area contributed by atoms with Gasteiger partial charge in [0, 0.05) is 6.54 Å². The lowest BCUT2D eigenvalue weighted by atomic mass is 10.1. The van der Waals surface area contributed by atoms with E-state index in [0.717, 1.165) is 23.3 Å². The van der Waals surface area contributed by atoms with Gasteiger partial charge in [0.2, 0.25) is 0 Å². The van der Waals surface area contributed by atoms with Crippen molar-refractivity contribution < 1.29 is 32.5 Å². The number of carbonyl (C=O) groups excluding carboxylic acids is 1. The molecule has 0 fully saturated rings. The van der Waals surface area contributed by atoms with Gasteiger partial charge in [-0.3, -0.25) is 4.79 Å². The van der Waals surface area contributed by atoms with E-state index in [1.165, 1.54) is 12.1 Å². The molecule has 5 nitrogen and oxygen atoms in total. The Kier molecular flexibility index (Phi) is 6.68. The Hall–Kier alpha value is -2.74. The predicted molar refractivity (Wildman–Crippen MR) is 92.5 cm³/mol. The molecule has 0 aromatic heterocycles. The summed E-state index contributed by atoms with van der Waals surface area (Å²) in [6.07, 6.45) is -5.85. The zero-order valence-corrected chi connectivity index (χ0v) is 14.8. The SMILES string of the molecule is Cc1ccc(C)c(OCC(=O)NCC(O)c2ccc(OC(F)(F)F)cc2)c1. The number of ether oxygens (including phenoxy) is 2.